The van der Waals surface area contributed by atoms with Gasteiger partial charge in [0.25, 0.3) is 0 Å². The number of aryl methyl sites for hydroxylation is 1. The van der Waals surface area contributed by atoms with Crippen molar-refractivity contribution in [3.05, 3.63) is 42.0 Å². The van der Waals surface area contributed by atoms with Gasteiger partial charge in [-0.2, -0.15) is 0 Å². The quantitative estimate of drug-likeness (QED) is 0.744. The molecule has 2 N–H and O–H groups in total. The Labute approximate surface area is 159 Å². The highest BCUT2D eigenvalue weighted by Gasteiger charge is 2.28. The molecule has 27 heavy (non-hydrogen) atoms. The number of aromatic nitrogens is 2. The molecular weight excluding hydrogens is 346 g/mol. The van der Waals surface area contributed by atoms with Crippen molar-refractivity contribution in [3.63, 3.8) is 0 Å². The van der Waals surface area contributed by atoms with Gasteiger partial charge in [-0.3, -0.25) is 9.69 Å². The molecule has 0 saturated carbocycles. The zero-order valence-corrected chi connectivity index (χ0v) is 16.1. The van der Waals surface area contributed by atoms with Crippen LogP contribution in [0.1, 0.15) is 17.4 Å². The van der Waals surface area contributed by atoms with Crippen molar-refractivity contribution in [1.82, 2.24) is 25.1 Å². The average Bonchev–Trinajstić information content (AvgIpc) is 3.12. The molecule has 146 valence electrons. The predicted molar refractivity (Wildman–Crippen MR) is 102 cm³/mol. The summed E-state index contributed by atoms with van der Waals surface area (Å²) < 4.78 is 12.6. The lowest BCUT2D eigenvalue weighted by Crippen LogP contribution is -2.50. The fraction of sp³-hybridized carbons (Fsp3) is 0.474. The summed E-state index contributed by atoms with van der Waals surface area (Å²) in [6.45, 7) is 3.24. The summed E-state index contributed by atoms with van der Waals surface area (Å²) in [6.07, 6.45) is 3.72. The Balaban J connectivity index is 1.59. The first-order valence-electron chi connectivity index (χ1n) is 9.02. The van der Waals surface area contributed by atoms with E-state index in [1.807, 2.05) is 36.0 Å². The third-order valence-corrected chi connectivity index (χ3v) is 4.80. The fourth-order valence-corrected chi connectivity index (χ4v) is 3.32. The monoisotopic (exact) mass is 373 g/mol. The molecular formula is C19H27N5O3. The van der Waals surface area contributed by atoms with E-state index in [0.717, 1.165) is 31.0 Å². The van der Waals surface area contributed by atoms with Crippen LogP contribution in [0.15, 0.2) is 30.6 Å². The number of carbonyl (C=O) groups excluding carboxylic acids is 1. The minimum Gasteiger partial charge on any atom is -0.493 e. The number of hydrogen-bond acceptors (Lipinski definition) is 6. The van der Waals surface area contributed by atoms with Crippen LogP contribution in [0.25, 0.3) is 0 Å². The van der Waals surface area contributed by atoms with E-state index < -0.39 is 0 Å². The van der Waals surface area contributed by atoms with Crippen LogP contribution < -0.4 is 20.1 Å². The maximum absolute atomic E-state index is 12.5. The minimum atomic E-state index is -0.00843. The van der Waals surface area contributed by atoms with E-state index in [1.165, 1.54) is 0 Å². The number of hydrogen-bond donors (Lipinski definition) is 2. The Morgan fingerprint density at radius 2 is 2.15 bits per heavy atom. The number of nitrogens with zero attached hydrogens (tertiary/aromatic N) is 3. The minimum absolute atomic E-state index is 0.00843. The van der Waals surface area contributed by atoms with E-state index in [-0.39, 0.29) is 11.9 Å². The van der Waals surface area contributed by atoms with Crippen LogP contribution in [0.4, 0.5) is 0 Å². The van der Waals surface area contributed by atoms with Gasteiger partial charge in [-0.05, 0) is 17.7 Å². The van der Waals surface area contributed by atoms with E-state index in [9.17, 15) is 4.79 Å². The second-order valence-electron chi connectivity index (χ2n) is 6.55. The molecule has 1 unspecified atom stereocenters. The summed E-state index contributed by atoms with van der Waals surface area (Å²) in [7, 11) is 5.18. The van der Waals surface area contributed by atoms with Gasteiger partial charge in [0.1, 0.15) is 5.82 Å². The SMILES string of the molecule is COc1ccc(CNC(=O)CN2CCNCC2c2nccn2C)cc1OC. The first kappa shape index (κ1) is 19.2. The number of carbonyl (C=O) groups is 1. The van der Waals surface area contributed by atoms with Crippen molar-refractivity contribution in [3.8, 4) is 11.5 Å². The van der Waals surface area contributed by atoms with E-state index in [2.05, 4.69) is 20.5 Å². The van der Waals surface area contributed by atoms with Gasteiger partial charge in [-0.25, -0.2) is 4.98 Å². The summed E-state index contributed by atoms with van der Waals surface area (Å²) in [6, 6.07) is 5.72. The molecule has 2 aromatic rings. The summed E-state index contributed by atoms with van der Waals surface area (Å²) in [4.78, 5) is 19.1. The zero-order valence-electron chi connectivity index (χ0n) is 16.1. The molecule has 2 heterocycles. The fourth-order valence-electron chi connectivity index (χ4n) is 3.32. The number of benzene rings is 1. The third kappa shape index (κ3) is 4.58. The van der Waals surface area contributed by atoms with E-state index >= 15 is 0 Å². The van der Waals surface area contributed by atoms with Crippen LogP contribution in [0.5, 0.6) is 11.5 Å². The molecule has 0 bridgehead atoms. The Kier molecular flexibility index (Phi) is 6.31. The number of methoxy groups -OCH3 is 2. The van der Waals surface area contributed by atoms with Crippen LogP contribution >= 0.6 is 0 Å². The highest BCUT2D eigenvalue weighted by Crippen LogP contribution is 2.27. The van der Waals surface area contributed by atoms with Crippen LogP contribution in [0.3, 0.4) is 0 Å². The smallest absolute Gasteiger partial charge is 0.234 e. The van der Waals surface area contributed by atoms with Gasteiger partial charge >= 0.3 is 0 Å². The molecule has 3 rings (SSSR count). The standard InChI is InChI=1S/C19H27N5O3/c1-23-8-7-21-19(23)15-12-20-6-9-24(15)13-18(25)22-11-14-4-5-16(26-2)17(10-14)27-3/h4-5,7-8,10,15,20H,6,9,11-13H2,1-3H3,(H,22,25). The topological polar surface area (TPSA) is 80.7 Å². The lowest BCUT2D eigenvalue weighted by molar-refractivity contribution is -0.123. The molecule has 8 nitrogen and oxygen atoms in total. The molecule has 1 aliphatic heterocycles. The molecule has 1 aromatic heterocycles. The Bertz CT molecular complexity index is 776. The number of piperazine rings is 1. The first-order chi connectivity index (χ1) is 13.1. The highest BCUT2D eigenvalue weighted by atomic mass is 16.5. The maximum atomic E-state index is 12.5. The third-order valence-electron chi connectivity index (χ3n) is 4.80. The van der Waals surface area contributed by atoms with Gasteiger partial charge in [0.05, 0.1) is 26.8 Å². The predicted octanol–water partition coefficient (Wildman–Crippen LogP) is 0.700. The summed E-state index contributed by atoms with van der Waals surface area (Å²) >= 11 is 0. The molecule has 1 amide bonds. The molecule has 1 saturated heterocycles. The van der Waals surface area contributed by atoms with Crippen molar-refractivity contribution in [1.29, 1.82) is 0 Å². The van der Waals surface area contributed by atoms with Gasteiger partial charge in [0.2, 0.25) is 5.91 Å². The van der Waals surface area contributed by atoms with Gasteiger partial charge in [-0.1, -0.05) is 6.07 Å². The zero-order chi connectivity index (χ0) is 19.2. The van der Waals surface area contributed by atoms with Crippen molar-refractivity contribution in [2.75, 3.05) is 40.4 Å². The number of imidazole rings is 1. The van der Waals surface area contributed by atoms with Gasteiger partial charge in [-0.15, -0.1) is 0 Å². The first-order valence-corrected chi connectivity index (χ1v) is 9.02. The van der Waals surface area contributed by atoms with Gasteiger partial charge in [0.15, 0.2) is 11.5 Å². The summed E-state index contributed by atoms with van der Waals surface area (Å²) in [5.41, 5.74) is 0.960. The van der Waals surface area contributed by atoms with Crippen molar-refractivity contribution in [2.24, 2.45) is 7.05 Å². The molecule has 1 atom stereocenters. The molecule has 1 aliphatic rings. The molecule has 0 radical (unpaired) electrons. The maximum Gasteiger partial charge on any atom is 0.234 e. The van der Waals surface area contributed by atoms with Crippen LogP contribution in [-0.2, 0) is 18.4 Å². The molecule has 0 spiro atoms. The largest absolute Gasteiger partial charge is 0.493 e. The Morgan fingerprint density at radius 3 is 2.85 bits per heavy atom. The lowest BCUT2D eigenvalue weighted by atomic mass is 10.1. The number of amides is 1. The van der Waals surface area contributed by atoms with Crippen LogP contribution in [-0.4, -0.2) is 60.8 Å². The molecule has 8 heteroatoms. The van der Waals surface area contributed by atoms with Crippen LogP contribution in [0.2, 0.25) is 0 Å². The summed E-state index contributed by atoms with van der Waals surface area (Å²) in [5, 5.41) is 6.37. The highest BCUT2D eigenvalue weighted by molar-refractivity contribution is 5.78. The van der Waals surface area contributed by atoms with Gasteiger partial charge < -0.3 is 24.7 Å². The van der Waals surface area contributed by atoms with E-state index in [4.69, 9.17) is 9.47 Å². The summed E-state index contributed by atoms with van der Waals surface area (Å²) in [5.74, 6) is 2.29. The second-order valence-corrected chi connectivity index (χ2v) is 6.55. The van der Waals surface area contributed by atoms with Crippen molar-refractivity contribution >= 4 is 5.91 Å². The lowest BCUT2D eigenvalue weighted by Gasteiger charge is -2.35. The molecule has 0 aliphatic carbocycles. The second kappa shape index (κ2) is 8.88. The van der Waals surface area contributed by atoms with E-state index in [1.54, 1.807) is 20.4 Å². The number of ether oxygens (including phenoxy) is 2. The molecule has 1 fully saturated rings. The number of rotatable bonds is 7. The van der Waals surface area contributed by atoms with Crippen molar-refractivity contribution < 1.29 is 14.3 Å². The average molecular weight is 373 g/mol. The molecule has 1 aromatic carbocycles. The van der Waals surface area contributed by atoms with Crippen molar-refractivity contribution in [2.45, 2.75) is 12.6 Å². The number of nitrogens with one attached hydrogen (secondary N) is 2. The normalized spacial score (nSPS) is 17.5. The Morgan fingerprint density at radius 1 is 1.33 bits per heavy atom. The van der Waals surface area contributed by atoms with Crippen LogP contribution in [0, 0.1) is 0 Å². The van der Waals surface area contributed by atoms with Gasteiger partial charge in [0, 0.05) is 45.6 Å². The Hall–Kier alpha value is -2.58. The van der Waals surface area contributed by atoms with E-state index in [0.29, 0.717) is 24.6 Å².